The van der Waals surface area contributed by atoms with E-state index < -0.39 is 0 Å². The van der Waals surface area contributed by atoms with Crippen LogP contribution in [0.3, 0.4) is 0 Å². The number of aromatic nitrogens is 3. The highest BCUT2D eigenvalue weighted by Crippen LogP contribution is 2.28. The summed E-state index contributed by atoms with van der Waals surface area (Å²) in [6.07, 6.45) is 2.06. The molecule has 35 heavy (non-hydrogen) atoms. The van der Waals surface area contributed by atoms with Crippen molar-refractivity contribution >= 4 is 28.4 Å². The average molecular weight is 491 g/mol. The number of hydrogen-bond acceptors (Lipinski definition) is 5. The van der Waals surface area contributed by atoms with Gasteiger partial charge in [-0.1, -0.05) is 54.2 Å². The number of thioether (sulfide) groups is 1. The Labute approximate surface area is 207 Å². The average Bonchev–Trinajstić information content (AvgIpc) is 3.53. The molecule has 2 heterocycles. The Morgan fingerprint density at radius 2 is 1.94 bits per heavy atom. The maximum absolute atomic E-state index is 13.4. The summed E-state index contributed by atoms with van der Waals surface area (Å²) in [7, 11) is 0. The van der Waals surface area contributed by atoms with Crippen molar-refractivity contribution in [3.8, 4) is 11.4 Å². The van der Waals surface area contributed by atoms with Crippen molar-refractivity contribution in [1.82, 2.24) is 20.1 Å². The Morgan fingerprint density at radius 1 is 1.14 bits per heavy atom. The lowest BCUT2D eigenvalue weighted by Crippen LogP contribution is -2.28. The minimum atomic E-state index is -0.300. The van der Waals surface area contributed by atoms with Gasteiger partial charge in [0.25, 0.3) is 0 Å². The molecule has 3 aromatic carbocycles. The predicted octanol–water partition coefficient (Wildman–Crippen LogP) is 5.39. The highest BCUT2D eigenvalue weighted by Gasteiger charge is 2.22. The number of halogens is 1. The van der Waals surface area contributed by atoms with E-state index >= 15 is 0 Å². The highest BCUT2D eigenvalue weighted by atomic mass is 32.2. The van der Waals surface area contributed by atoms with Gasteiger partial charge in [0.05, 0.1) is 24.4 Å². The SMILES string of the molecule is CC(NC(=O)CSc1nnc(-c2ccc(F)cc2)n1CC1CCCO1)c1cccc2ccccc12. The van der Waals surface area contributed by atoms with Crippen LogP contribution in [0, 0.1) is 5.82 Å². The van der Waals surface area contributed by atoms with Crippen LogP contribution in [0.25, 0.3) is 22.2 Å². The molecule has 1 N–H and O–H groups in total. The van der Waals surface area contributed by atoms with E-state index in [-0.39, 0.29) is 29.6 Å². The maximum Gasteiger partial charge on any atom is 0.230 e. The van der Waals surface area contributed by atoms with Gasteiger partial charge in [-0.25, -0.2) is 4.39 Å². The molecule has 2 unspecified atom stereocenters. The maximum atomic E-state index is 13.4. The second kappa shape index (κ2) is 10.6. The van der Waals surface area contributed by atoms with Crippen molar-refractivity contribution in [2.24, 2.45) is 0 Å². The van der Waals surface area contributed by atoms with Gasteiger partial charge in [-0.15, -0.1) is 10.2 Å². The summed E-state index contributed by atoms with van der Waals surface area (Å²) in [6.45, 7) is 3.34. The molecule has 1 aromatic heterocycles. The number of nitrogens with zero attached hydrogens (tertiary/aromatic N) is 3. The molecular formula is C27H27FN4O2S. The zero-order chi connectivity index (χ0) is 24.2. The Morgan fingerprint density at radius 3 is 2.74 bits per heavy atom. The van der Waals surface area contributed by atoms with Crippen LogP contribution in [0.5, 0.6) is 0 Å². The number of benzene rings is 3. The normalized spacial score (nSPS) is 16.5. The fraction of sp³-hybridized carbons (Fsp3) is 0.296. The van der Waals surface area contributed by atoms with Crippen LogP contribution >= 0.6 is 11.8 Å². The molecule has 0 spiro atoms. The summed E-state index contributed by atoms with van der Waals surface area (Å²) >= 11 is 1.35. The fourth-order valence-electron chi connectivity index (χ4n) is 4.48. The minimum Gasteiger partial charge on any atom is -0.376 e. The zero-order valence-electron chi connectivity index (χ0n) is 19.5. The monoisotopic (exact) mass is 490 g/mol. The standard InChI is InChI=1S/C27H27FN4O2S/c1-18(23-10-4-7-19-6-2-3-9-24(19)23)29-25(33)17-35-27-31-30-26(20-11-13-21(28)14-12-20)32(27)16-22-8-5-15-34-22/h2-4,6-7,9-14,18,22H,5,8,15-17H2,1H3,(H,29,33). The molecule has 5 rings (SSSR count). The molecule has 0 aliphatic carbocycles. The number of nitrogens with one attached hydrogen (secondary N) is 1. The largest absolute Gasteiger partial charge is 0.376 e. The number of carbonyl (C=O) groups excluding carboxylic acids is 1. The topological polar surface area (TPSA) is 69.0 Å². The predicted molar refractivity (Wildman–Crippen MR) is 136 cm³/mol. The van der Waals surface area contributed by atoms with Gasteiger partial charge in [0.1, 0.15) is 5.82 Å². The van der Waals surface area contributed by atoms with E-state index in [0.29, 0.717) is 17.5 Å². The molecule has 1 fully saturated rings. The Balaban J connectivity index is 1.30. The van der Waals surface area contributed by atoms with Crippen LogP contribution < -0.4 is 5.32 Å². The second-order valence-corrected chi connectivity index (χ2v) is 9.65. The minimum absolute atomic E-state index is 0.0739. The Hall–Kier alpha value is -3.23. The van der Waals surface area contributed by atoms with Crippen LogP contribution in [-0.2, 0) is 16.1 Å². The molecule has 8 heteroatoms. The van der Waals surface area contributed by atoms with Crippen molar-refractivity contribution < 1.29 is 13.9 Å². The summed E-state index contributed by atoms with van der Waals surface area (Å²) < 4.78 is 21.3. The molecule has 1 aliphatic rings. The van der Waals surface area contributed by atoms with E-state index in [1.807, 2.05) is 35.8 Å². The lowest BCUT2D eigenvalue weighted by molar-refractivity contribution is -0.119. The second-order valence-electron chi connectivity index (χ2n) is 8.70. The van der Waals surface area contributed by atoms with E-state index in [4.69, 9.17) is 4.74 Å². The lowest BCUT2D eigenvalue weighted by atomic mass is 10.00. The van der Waals surface area contributed by atoms with E-state index in [0.717, 1.165) is 41.3 Å². The van der Waals surface area contributed by atoms with Crippen molar-refractivity contribution in [2.45, 2.75) is 43.6 Å². The van der Waals surface area contributed by atoms with Gasteiger partial charge in [0.15, 0.2) is 11.0 Å². The Bertz CT molecular complexity index is 1310. The molecule has 1 aliphatic heterocycles. The first-order valence-electron chi connectivity index (χ1n) is 11.8. The highest BCUT2D eigenvalue weighted by molar-refractivity contribution is 7.99. The third-order valence-electron chi connectivity index (χ3n) is 6.23. The fourth-order valence-corrected chi connectivity index (χ4v) is 5.24. The molecule has 0 bridgehead atoms. The van der Waals surface area contributed by atoms with E-state index in [9.17, 15) is 9.18 Å². The van der Waals surface area contributed by atoms with Crippen molar-refractivity contribution in [3.63, 3.8) is 0 Å². The molecule has 1 saturated heterocycles. The Kier molecular flexibility index (Phi) is 7.11. The third-order valence-corrected chi connectivity index (χ3v) is 7.20. The number of carbonyl (C=O) groups is 1. The van der Waals surface area contributed by atoms with Crippen LogP contribution in [0.1, 0.15) is 31.4 Å². The number of amides is 1. The summed E-state index contributed by atoms with van der Waals surface area (Å²) in [5, 5.41) is 14.8. The van der Waals surface area contributed by atoms with Gasteiger partial charge in [-0.3, -0.25) is 9.36 Å². The summed E-state index contributed by atoms with van der Waals surface area (Å²) in [5.74, 6) is 0.478. The van der Waals surface area contributed by atoms with Crippen LogP contribution in [0.4, 0.5) is 4.39 Å². The van der Waals surface area contributed by atoms with Crippen LogP contribution in [0.15, 0.2) is 71.9 Å². The number of ether oxygens (including phenoxy) is 1. The number of rotatable bonds is 8. The van der Waals surface area contributed by atoms with Gasteiger partial charge in [-0.05, 0) is 60.4 Å². The van der Waals surface area contributed by atoms with Gasteiger partial charge >= 0.3 is 0 Å². The van der Waals surface area contributed by atoms with Crippen molar-refractivity contribution in [2.75, 3.05) is 12.4 Å². The van der Waals surface area contributed by atoms with E-state index in [2.05, 4.69) is 33.7 Å². The van der Waals surface area contributed by atoms with Gasteiger partial charge < -0.3 is 10.1 Å². The first-order valence-corrected chi connectivity index (χ1v) is 12.8. The number of hydrogen-bond donors (Lipinski definition) is 1. The summed E-state index contributed by atoms with van der Waals surface area (Å²) in [5.41, 5.74) is 1.86. The summed E-state index contributed by atoms with van der Waals surface area (Å²) in [4.78, 5) is 12.9. The first-order chi connectivity index (χ1) is 17.1. The molecule has 180 valence electrons. The van der Waals surface area contributed by atoms with Crippen LogP contribution in [-0.4, -0.2) is 39.1 Å². The number of fused-ring (bicyclic) bond motifs is 1. The molecule has 2 atom stereocenters. The zero-order valence-corrected chi connectivity index (χ0v) is 20.3. The van der Waals surface area contributed by atoms with Crippen molar-refractivity contribution in [3.05, 3.63) is 78.1 Å². The molecular weight excluding hydrogens is 463 g/mol. The summed E-state index contributed by atoms with van der Waals surface area (Å²) in [6, 6.07) is 20.4. The molecule has 0 saturated carbocycles. The van der Waals surface area contributed by atoms with Gasteiger partial charge in [-0.2, -0.15) is 0 Å². The van der Waals surface area contributed by atoms with E-state index in [1.165, 1.54) is 23.9 Å². The quantitative estimate of drug-likeness (QED) is 0.336. The van der Waals surface area contributed by atoms with Crippen molar-refractivity contribution in [1.29, 1.82) is 0 Å². The van der Waals surface area contributed by atoms with Crippen LogP contribution in [0.2, 0.25) is 0 Å². The molecule has 6 nitrogen and oxygen atoms in total. The molecule has 0 radical (unpaired) electrons. The molecule has 4 aromatic rings. The first kappa shape index (κ1) is 23.5. The molecule has 1 amide bonds. The third kappa shape index (κ3) is 5.39. The smallest absolute Gasteiger partial charge is 0.230 e. The lowest BCUT2D eigenvalue weighted by Gasteiger charge is -2.17. The van der Waals surface area contributed by atoms with Gasteiger partial charge in [0, 0.05) is 12.2 Å². The van der Waals surface area contributed by atoms with Gasteiger partial charge in [0.2, 0.25) is 5.91 Å². The van der Waals surface area contributed by atoms with E-state index in [1.54, 1.807) is 12.1 Å².